The van der Waals surface area contributed by atoms with E-state index in [4.69, 9.17) is 5.11 Å². The van der Waals surface area contributed by atoms with Gasteiger partial charge in [0.2, 0.25) is 0 Å². The van der Waals surface area contributed by atoms with Crippen LogP contribution in [-0.2, 0) is 11.3 Å². The summed E-state index contributed by atoms with van der Waals surface area (Å²) in [6, 6.07) is 0. The Morgan fingerprint density at radius 1 is 1.79 bits per heavy atom. The molecule has 76 valence electrons. The van der Waals surface area contributed by atoms with E-state index >= 15 is 0 Å². The minimum absolute atomic E-state index is 0.106. The molecule has 1 aromatic heterocycles. The van der Waals surface area contributed by atoms with E-state index in [0.717, 1.165) is 30.9 Å². The lowest BCUT2D eigenvalue weighted by atomic mass is 9.96. The van der Waals surface area contributed by atoms with E-state index in [-0.39, 0.29) is 12.3 Å². The number of aromatic nitrogens is 2. The second kappa shape index (κ2) is 3.44. The van der Waals surface area contributed by atoms with Crippen molar-refractivity contribution in [3.05, 3.63) is 17.7 Å². The first-order chi connectivity index (χ1) is 6.66. The van der Waals surface area contributed by atoms with Gasteiger partial charge in [0.1, 0.15) is 5.82 Å². The van der Waals surface area contributed by atoms with Crippen LogP contribution in [0.15, 0.2) is 6.20 Å². The van der Waals surface area contributed by atoms with E-state index in [2.05, 4.69) is 9.55 Å². The number of carbonyl (C=O) groups is 1. The Balaban J connectivity index is 2.25. The van der Waals surface area contributed by atoms with Crippen LogP contribution in [0.5, 0.6) is 0 Å². The summed E-state index contributed by atoms with van der Waals surface area (Å²) < 4.78 is 2.09. The van der Waals surface area contributed by atoms with Crippen molar-refractivity contribution in [2.75, 3.05) is 0 Å². The highest BCUT2D eigenvalue weighted by Crippen LogP contribution is 2.29. The molecule has 1 N–H and O–H groups in total. The third kappa shape index (κ3) is 1.64. The first-order valence-electron chi connectivity index (χ1n) is 4.92. The van der Waals surface area contributed by atoms with Crippen molar-refractivity contribution in [2.45, 2.75) is 38.6 Å². The average molecular weight is 194 g/mol. The molecule has 2 rings (SSSR count). The lowest BCUT2D eigenvalue weighted by Crippen LogP contribution is -2.18. The lowest BCUT2D eigenvalue weighted by Gasteiger charge is -2.21. The molecule has 1 aliphatic heterocycles. The Morgan fingerprint density at radius 2 is 2.57 bits per heavy atom. The summed E-state index contributed by atoms with van der Waals surface area (Å²) in [5, 5.41) is 8.76. The second-order valence-electron chi connectivity index (χ2n) is 3.87. The summed E-state index contributed by atoms with van der Waals surface area (Å²) in [4.78, 5) is 15.0. The fourth-order valence-electron chi connectivity index (χ4n) is 2.11. The van der Waals surface area contributed by atoms with Gasteiger partial charge in [0.25, 0.3) is 0 Å². The SMILES string of the molecule is Cc1cn2c(n1)C(CC(=O)O)CCC2. The molecule has 0 amide bonds. The maximum atomic E-state index is 10.6. The van der Waals surface area contributed by atoms with Crippen molar-refractivity contribution >= 4 is 5.97 Å². The molecule has 14 heavy (non-hydrogen) atoms. The van der Waals surface area contributed by atoms with Gasteiger partial charge >= 0.3 is 5.97 Å². The number of fused-ring (bicyclic) bond motifs is 1. The van der Waals surface area contributed by atoms with Gasteiger partial charge in [-0.15, -0.1) is 0 Å². The zero-order valence-corrected chi connectivity index (χ0v) is 8.23. The molecule has 1 atom stereocenters. The maximum Gasteiger partial charge on any atom is 0.304 e. The highest BCUT2D eigenvalue weighted by atomic mass is 16.4. The first-order valence-corrected chi connectivity index (χ1v) is 4.92. The number of imidazole rings is 1. The molecule has 0 fully saturated rings. The Labute approximate surface area is 82.6 Å². The summed E-state index contributed by atoms with van der Waals surface area (Å²) in [6.07, 6.45) is 4.21. The number of rotatable bonds is 2. The van der Waals surface area contributed by atoms with E-state index in [1.807, 2.05) is 13.1 Å². The van der Waals surface area contributed by atoms with Crippen molar-refractivity contribution in [1.29, 1.82) is 0 Å². The molecule has 0 bridgehead atoms. The van der Waals surface area contributed by atoms with Crippen LogP contribution in [0.25, 0.3) is 0 Å². The summed E-state index contributed by atoms with van der Waals surface area (Å²) in [7, 11) is 0. The van der Waals surface area contributed by atoms with E-state index in [1.165, 1.54) is 0 Å². The van der Waals surface area contributed by atoms with Gasteiger partial charge in [-0.25, -0.2) is 4.98 Å². The van der Waals surface area contributed by atoms with Gasteiger partial charge in [0.05, 0.1) is 12.1 Å². The molecule has 1 aromatic rings. The van der Waals surface area contributed by atoms with E-state index in [1.54, 1.807) is 0 Å². The molecule has 0 spiro atoms. The predicted molar refractivity (Wildman–Crippen MR) is 51.2 cm³/mol. The standard InChI is InChI=1S/C10H14N2O2/c1-7-6-12-4-2-3-8(5-9(13)14)10(12)11-7/h6,8H,2-5H2,1H3,(H,13,14). The quantitative estimate of drug-likeness (QED) is 0.777. The topological polar surface area (TPSA) is 55.1 Å². The number of carboxylic acid groups (broad SMARTS) is 1. The number of hydrogen-bond donors (Lipinski definition) is 1. The second-order valence-corrected chi connectivity index (χ2v) is 3.87. The van der Waals surface area contributed by atoms with Crippen LogP contribution in [0.4, 0.5) is 0 Å². The van der Waals surface area contributed by atoms with Gasteiger partial charge < -0.3 is 9.67 Å². The van der Waals surface area contributed by atoms with E-state index in [9.17, 15) is 4.79 Å². The monoisotopic (exact) mass is 194 g/mol. The summed E-state index contributed by atoms with van der Waals surface area (Å²) in [5.74, 6) is 0.329. The molecule has 4 heteroatoms. The molecular weight excluding hydrogens is 180 g/mol. The van der Waals surface area contributed by atoms with Gasteiger partial charge in [-0.1, -0.05) is 0 Å². The molecule has 0 saturated heterocycles. The van der Waals surface area contributed by atoms with Gasteiger partial charge in [-0.3, -0.25) is 4.79 Å². The molecule has 0 saturated carbocycles. The van der Waals surface area contributed by atoms with Crippen LogP contribution in [0.1, 0.15) is 36.7 Å². The van der Waals surface area contributed by atoms with E-state index in [0.29, 0.717) is 0 Å². The smallest absolute Gasteiger partial charge is 0.304 e. The third-order valence-corrected chi connectivity index (χ3v) is 2.67. The number of hydrogen-bond acceptors (Lipinski definition) is 2. The molecule has 0 aliphatic carbocycles. The highest BCUT2D eigenvalue weighted by molar-refractivity contribution is 5.67. The average Bonchev–Trinajstić information content (AvgIpc) is 2.45. The Bertz CT molecular complexity index is 357. The largest absolute Gasteiger partial charge is 0.481 e. The van der Waals surface area contributed by atoms with Crippen molar-refractivity contribution in [2.24, 2.45) is 0 Å². The molecule has 0 radical (unpaired) electrons. The van der Waals surface area contributed by atoms with Crippen molar-refractivity contribution in [3.8, 4) is 0 Å². The highest BCUT2D eigenvalue weighted by Gasteiger charge is 2.24. The predicted octanol–water partition coefficient (Wildman–Crippen LogP) is 1.54. The van der Waals surface area contributed by atoms with Crippen molar-refractivity contribution < 1.29 is 9.90 Å². The van der Waals surface area contributed by atoms with Crippen LogP contribution in [0.2, 0.25) is 0 Å². The fraction of sp³-hybridized carbons (Fsp3) is 0.600. The minimum Gasteiger partial charge on any atom is -0.481 e. The zero-order valence-electron chi connectivity index (χ0n) is 8.23. The Kier molecular flexibility index (Phi) is 2.27. The molecule has 0 aromatic carbocycles. The van der Waals surface area contributed by atoms with Crippen LogP contribution in [-0.4, -0.2) is 20.6 Å². The Hall–Kier alpha value is -1.32. The summed E-state index contributed by atoms with van der Waals surface area (Å²) in [6.45, 7) is 2.93. The lowest BCUT2D eigenvalue weighted by molar-refractivity contribution is -0.137. The fourth-order valence-corrected chi connectivity index (χ4v) is 2.11. The van der Waals surface area contributed by atoms with Crippen LogP contribution in [0.3, 0.4) is 0 Å². The Morgan fingerprint density at radius 3 is 3.29 bits per heavy atom. The molecule has 2 heterocycles. The molecule has 1 unspecified atom stereocenters. The van der Waals surface area contributed by atoms with Gasteiger partial charge in [0.15, 0.2) is 0 Å². The van der Waals surface area contributed by atoms with Crippen LogP contribution < -0.4 is 0 Å². The molecular formula is C10H14N2O2. The summed E-state index contributed by atoms with van der Waals surface area (Å²) in [5.41, 5.74) is 0.984. The van der Waals surface area contributed by atoms with Gasteiger partial charge in [0, 0.05) is 18.7 Å². The van der Waals surface area contributed by atoms with Gasteiger partial charge in [-0.05, 0) is 19.8 Å². The number of aryl methyl sites for hydroxylation is 2. The van der Waals surface area contributed by atoms with Crippen molar-refractivity contribution in [3.63, 3.8) is 0 Å². The maximum absolute atomic E-state index is 10.6. The summed E-state index contributed by atoms with van der Waals surface area (Å²) >= 11 is 0. The van der Waals surface area contributed by atoms with Gasteiger partial charge in [-0.2, -0.15) is 0 Å². The zero-order chi connectivity index (χ0) is 10.1. The number of nitrogens with zero attached hydrogens (tertiary/aromatic N) is 2. The molecule has 4 nitrogen and oxygen atoms in total. The molecule has 1 aliphatic rings. The van der Waals surface area contributed by atoms with Crippen molar-refractivity contribution in [1.82, 2.24) is 9.55 Å². The number of carboxylic acids is 1. The van der Waals surface area contributed by atoms with Crippen LogP contribution in [0, 0.1) is 6.92 Å². The number of aliphatic carboxylic acids is 1. The minimum atomic E-state index is -0.732. The van der Waals surface area contributed by atoms with Crippen LogP contribution >= 0.6 is 0 Å². The van der Waals surface area contributed by atoms with E-state index < -0.39 is 5.97 Å². The first kappa shape index (κ1) is 9.24. The third-order valence-electron chi connectivity index (χ3n) is 2.67. The normalized spacial score (nSPS) is 20.5.